The van der Waals surface area contributed by atoms with Crippen LogP contribution in [0.4, 0.5) is 0 Å². The van der Waals surface area contributed by atoms with E-state index in [1.807, 2.05) is 20.8 Å². The minimum atomic E-state index is -1.08. The number of carbonyl (C=O) groups is 3. The highest BCUT2D eigenvalue weighted by atomic mass is 79.9. The van der Waals surface area contributed by atoms with Crippen LogP contribution in [0.15, 0.2) is 0 Å². The van der Waals surface area contributed by atoms with Gasteiger partial charge in [0.1, 0.15) is 11.6 Å². The Morgan fingerprint density at radius 3 is 2.55 bits per heavy atom. The third kappa shape index (κ3) is 3.80. The van der Waals surface area contributed by atoms with Gasteiger partial charge in [-0.1, -0.05) is 49.5 Å². The van der Waals surface area contributed by atoms with E-state index in [2.05, 4.69) is 33.5 Å². The number of ether oxygens (including phenoxy) is 1. The molecular weight excluding hydrogens is 466 g/mol. The van der Waals surface area contributed by atoms with Crippen molar-refractivity contribution in [3.8, 4) is 0 Å². The Kier molecular flexibility index (Phi) is 7.38. The summed E-state index contributed by atoms with van der Waals surface area (Å²) in [5.41, 5.74) is -1.08. The number of alkyl halides is 1. The van der Waals surface area contributed by atoms with Crippen molar-refractivity contribution in [2.45, 2.75) is 88.0 Å². The molecular formula is C22H36BrN3O5. The average Bonchev–Trinajstić information content (AvgIpc) is 3.32. The lowest BCUT2D eigenvalue weighted by Crippen LogP contribution is -2.60. The number of aliphatic hydroxyl groups excluding tert-OH is 1. The smallest absolute Gasteiger partial charge is 0.246 e. The Morgan fingerprint density at radius 1 is 1.32 bits per heavy atom. The summed E-state index contributed by atoms with van der Waals surface area (Å²) in [7, 11) is 1.55. The van der Waals surface area contributed by atoms with Gasteiger partial charge in [0.25, 0.3) is 0 Å². The van der Waals surface area contributed by atoms with Gasteiger partial charge in [0.05, 0.1) is 30.6 Å². The van der Waals surface area contributed by atoms with E-state index in [0.29, 0.717) is 6.42 Å². The number of rotatable bonds is 9. The maximum Gasteiger partial charge on any atom is 0.246 e. The van der Waals surface area contributed by atoms with Gasteiger partial charge in [0, 0.05) is 17.9 Å². The van der Waals surface area contributed by atoms with Crippen LogP contribution in [0.5, 0.6) is 0 Å². The van der Waals surface area contributed by atoms with Gasteiger partial charge < -0.3 is 25.4 Å². The maximum absolute atomic E-state index is 13.8. The molecule has 8 nitrogen and oxygen atoms in total. The van der Waals surface area contributed by atoms with Crippen LogP contribution >= 0.6 is 15.9 Å². The number of amides is 3. The third-order valence-electron chi connectivity index (χ3n) is 7.48. The third-order valence-corrected chi connectivity index (χ3v) is 8.32. The van der Waals surface area contributed by atoms with Gasteiger partial charge in [-0.25, -0.2) is 0 Å². The van der Waals surface area contributed by atoms with E-state index < -0.39 is 35.6 Å². The predicted molar refractivity (Wildman–Crippen MR) is 119 cm³/mol. The molecule has 0 saturated carbocycles. The van der Waals surface area contributed by atoms with Crippen LogP contribution < -0.4 is 10.6 Å². The van der Waals surface area contributed by atoms with E-state index in [9.17, 15) is 19.5 Å². The molecule has 3 heterocycles. The molecule has 9 heteroatoms. The molecule has 9 atom stereocenters. The van der Waals surface area contributed by atoms with Gasteiger partial charge in [0.2, 0.25) is 17.7 Å². The second-order valence-corrected chi connectivity index (χ2v) is 10.5. The van der Waals surface area contributed by atoms with Crippen molar-refractivity contribution in [3.05, 3.63) is 0 Å². The van der Waals surface area contributed by atoms with Gasteiger partial charge in [-0.15, -0.1) is 0 Å². The van der Waals surface area contributed by atoms with Crippen molar-refractivity contribution in [2.24, 2.45) is 17.8 Å². The van der Waals surface area contributed by atoms with Gasteiger partial charge in [0.15, 0.2) is 0 Å². The van der Waals surface area contributed by atoms with Crippen LogP contribution in [0.3, 0.4) is 0 Å². The molecule has 3 rings (SSSR count). The number of nitrogens with one attached hydrogen (secondary N) is 2. The van der Waals surface area contributed by atoms with E-state index in [1.165, 1.54) is 0 Å². The zero-order chi connectivity index (χ0) is 23.1. The number of halogens is 1. The number of aliphatic hydroxyl groups is 1. The molecule has 3 aliphatic rings. The van der Waals surface area contributed by atoms with Crippen LogP contribution in [0.25, 0.3) is 0 Å². The monoisotopic (exact) mass is 501 g/mol. The molecule has 176 valence electrons. The molecule has 3 fully saturated rings. The highest BCUT2D eigenvalue weighted by molar-refractivity contribution is 9.09. The Bertz CT molecular complexity index is 721. The first-order valence-electron chi connectivity index (χ1n) is 11.4. The summed E-state index contributed by atoms with van der Waals surface area (Å²) in [6.45, 7) is 7.72. The number of fused-ring (bicyclic) bond motifs is 1. The maximum atomic E-state index is 13.8. The molecule has 3 amide bonds. The van der Waals surface area contributed by atoms with Crippen LogP contribution in [-0.2, 0) is 19.1 Å². The van der Waals surface area contributed by atoms with Crippen molar-refractivity contribution >= 4 is 33.7 Å². The van der Waals surface area contributed by atoms with Gasteiger partial charge in [-0.3, -0.25) is 14.4 Å². The van der Waals surface area contributed by atoms with E-state index >= 15 is 0 Å². The normalized spacial score (nSPS) is 36.8. The van der Waals surface area contributed by atoms with Crippen molar-refractivity contribution in [1.29, 1.82) is 0 Å². The SMILES string of the molecule is CCCC(C)NC(=O)C1N([C@@H](CO)[C@@H](C)CC)C(=O)[C@@H]2[C@H](C(=O)NC)[C@H]3OC12CC3Br. The number of likely N-dealkylation sites (tertiary alicyclic amines) is 1. The molecule has 31 heavy (non-hydrogen) atoms. The summed E-state index contributed by atoms with van der Waals surface area (Å²) in [4.78, 5) is 41.6. The summed E-state index contributed by atoms with van der Waals surface area (Å²) >= 11 is 3.64. The summed E-state index contributed by atoms with van der Waals surface area (Å²) in [5.74, 6) is -2.20. The Labute approximate surface area is 193 Å². The van der Waals surface area contributed by atoms with Crippen LogP contribution in [0, 0.1) is 17.8 Å². The van der Waals surface area contributed by atoms with Crippen LogP contribution in [-0.4, -0.2) is 76.0 Å². The minimum Gasteiger partial charge on any atom is -0.394 e. The molecule has 0 aromatic heterocycles. The standard InChI is InChI=1S/C22H36BrN3O5/c1-6-8-12(4)25-20(29)18-22-9-13(23)17(31-22)15(19(28)24-5)16(22)21(30)26(18)14(10-27)11(3)7-2/h11-18,27H,6-10H2,1-5H3,(H,24,28)(H,25,29)/t11-,12?,13?,14-,15-,16-,17-,18?,22?/m0/s1. The lowest BCUT2D eigenvalue weighted by molar-refractivity contribution is -0.147. The van der Waals surface area contributed by atoms with Crippen molar-refractivity contribution in [3.63, 3.8) is 0 Å². The summed E-state index contributed by atoms with van der Waals surface area (Å²) < 4.78 is 6.40. The fourth-order valence-electron chi connectivity index (χ4n) is 5.83. The summed E-state index contributed by atoms with van der Waals surface area (Å²) in [6, 6.07) is -1.44. The minimum absolute atomic E-state index is 0.0111. The second-order valence-electron chi connectivity index (χ2n) is 9.36. The largest absolute Gasteiger partial charge is 0.394 e. The highest BCUT2D eigenvalue weighted by Crippen LogP contribution is 2.60. The Balaban J connectivity index is 2.07. The molecule has 1 spiro atoms. The molecule has 0 radical (unpaired) electrons. The van der Waals surface area contributed by atoms with Crippen LogP contribution in [0.1, 0.15) is 53.4 Å². The van der Waals surface area contributed by atoms with Crippen molar-refractivity contribution in [1.82, 2.24) is 15.5 Å². The van der Waals surface area contributed by atoms with Crippen molar-refractivity contribution < 1.29 is 24.2 Å². The molecule has 0 aromatic carbocycles. The fourth-order valence-corrected chi connectivity index (χ4v) is 6.77. The zero-order valence-electron chi connectivity index (χ0n) is 19.1. The number of nitrogens with zero attached hydrogens (tertiary/aromatic N) is 1. The number of hydrogen-bond donors (Lipinski definition) is 3. The van der Waals surface area contributed by atoms with Gasteiger partial charge >= 0.3 is 0 Å². The first-order valence-corrected chi connectivity index (χ1v) is 12.4. The molecule has 3 saturated heterocycles. The quantitative estimate of drug-likeness (QED) is 0.411. The first kappa shape index (κ1) is 24.5. The van der Waals surface area contributed by atoms with E-state index in [4.69, 9.17) is 4.74 Å². The topological polar surface area (TPSA) is 108 Å². The van der Waals surface area contributed by atoms with Gasteiger partial charge in [-0.05, 0) is 25.7 Å². The molecule has 4 unspecified atom stereocenters. The molecule has 2 bridgehead atoms. The van der Waals surface area contributed by atoms with Crippen LogP contribution in [0.2, 0.25) is 0 Å². The number of hydrogen-bond acceptors (Lipinski definition) is 5. The van der Waals surface area contributed by atoms with E-state index in [1.54, 1.807) is 11.9 Å². The molecule has 3 N–H and O–H groups in total. The summed E-state index contributed by atoms with van der Waals surface area (Å²) in [5, 5.41) is 15.9. The fraction of sp³-hybridized carbons (Fsp3) is 0.864. The molecule has 0 aromatic rings. The lowest BCUT2D eigenvalue weighted by Gasteiger charge is -2.39. The van der Waals surface area contributed by atoms with E-state index in [-0.39, 0.29) is 41.1 Å². The highest BCUT2D eigenvalue weighted by Gasteiger charge is 2.77. The molecule has 0 aliphatic carbocycles. The summed E-state index contributed by atoms with van der Waals surface area (Å²) in [6.07, 6.45) is 2.50. The lowest BCUT2D eigenvalue weighted by atomic mass is 9.70. The predicted octanol–water partition coefficient (Wildman–Crippen LogP) is 1.19. The zero-order valence-corrected chi connectivity index (χ0v) is 20.6. The van der Waals surface area contributed by atoms with E-state index in [0.717, 1.165) is 19.3 Å². The van der Waals surface area contributed by atoms with Gasteiger partial charge in [-0.2, -0.15) is 0 Å². The molecule has 3 aliphatic heterocycles. The number of carbonyl (C=O) groups excluding carboxylic acids is 3. The Hall–Kier alpha value is -1.19. The average molecular weight is 502 g/mol. The Morgan fingerprint density at radius 2 is 2.00 bits per heavy atom. The first-order chi connectivity index (χ1) is 14.7. The van der Waals surface area contributed by atoms with Crippen molar-refractivity contribution in [2.75, 3.05) is 13.7 Å². The second kappa shape index (κ2) is 9.35.